The number of hydrogen-bond donors (Lipinski definition) is 0. The summed E-state index contributed by atoms with van der Waals surface area (Å²) in [6.45, 7) is 3.06. The summed E-state index contributed by atoms with van der Waals surface area (Å²) in [5, 5.41) is 12.3. The fraction of sp³-hybridized carbons (Fsp3) is 0.333. The van der Waals surface area contributed by atoms with Crippen LogP contribution in [0.2, 0.25) is 0 Å². The highest BCUT2D eigenvalue weighted by Crippen LogP contribution is 2.35. The maximum atomic E-state index is 14.4. The van der Waals surface area contributed by atoms with E-state index in [9.17, 15) is 9.18 Å². The normalized spacial score (nSPS) is 11.4. The molecule has 0 bridgehead atoms. The number of alkyl halides is 1. The van der Waals surface area contributed by atoms with Crippen molar-refractivity contribution < 1.29 is 9.18 Å². The zero-order valence-corrected chi connectivity index (χ0v) is 17.5. The summed E-state index contributed by atoms with van der Waals surface area (Å²) >= 11 is 0. The van der Waals surface area contributed by atoms with Gasteiger partial charge in [0.25, 0.3) is 5.91 Å². The predicted molar refractivity (Wildman–Crippen MR) is 111 cm³/mol. The van der Waals surface area contributed by atoms with Gasteiger partial charge in [-0.3, -0.25) is 4.79 Å². The third-order valence-electron chi connectivity index (χ3n) is 4.68. The Bertz CT molecular complexity index is 1040. The molecule has 0 aliphatic carbocycles. The van der Waals surface area contributed by atoms with E-state index in [1.807, 2.05) is 36.2 Å². The number of halogens is 1. The number of carbonyl (C=O) groups is 1. The number of rotatable bonds is 5. The summed E-state index contributed by atoms with van der Waals surface area (Å²) in [6, 6.07) is 12.7. The first kappa shape index (κ1) is 20.4. The van der Waals surface area contributed by atoms with Crippen LogP contribution in [0.1, 0.15) is 29.8 Å². The van der Waals surface area contributed by atoms with Crippen molar-refractivity contribution in [2.24, 2.45) is 7.05 Å². The average molecular weight is 396 g/mol. The van der Waals surface area contributed by atoms with E-state index >= 15 is 0 Å². The third-order valence-corrected chi connectivity index (χ3v) is 4.68. The zero-order chi connectivity index (χ0) is 21.3. The van der Waals surface area contributed by atoms with E-state index in [-0.39, 0.29) is 5.91 Å². The second-order valence-electron chi connectivity index (χ2n) is 7.62. The number of benzene rings is 2. The van der Waals surface area contributed by atoms with Crippen LogP contribution in [0, 0.1) is 0 Å². The summed E-state index contributed by atoms with van der Waals surface area (Å²) in [4.78, 5) is 17.2. The summed E-state index contributed by atoms with van der Waals surface area (Å²) in [5.41, 5.74) is 1.91. The summed E-state index contributed by atoms with van der Waals surface area (Å²) in [6.07, 6.45) is 0. The van der Waals surface area contributed by atoms with Gasteiger partial charge in [-0.25, -0.2) is 4.39 Å². The SMILES string of the molecule is CN(C)C(=O)c1ccc(N(C)c2cccc(C(C)(C)F)c2)c(-c2nnn(C)n2)c1. The van der Waals surface area contributed by atoms with Crippen molar-refractivity contribution in [3.63, 3.8) is 0 Å². The van der Waals surface area contributed by atoms with Gasteiger partial charge in [-0.05, 0) is 55.0 Å². The van der Waals surface area contributed by atoms with Crippen molar-refractivity contribution in [3.05, 3.63) is 53.6 Å². The Balaban J connectivity index is 2.12. The molecule has 3 aromatic rings. The molecule has 2 aromatic carbocycles. The van der Waals surface area contributed by atoms with Gasteiger partial charge < -0.3 is 9.80 Å². The Morgan fingerprint density at radius 1 is 1.10 bits per heavy atom. The number of hydrogen-bond acceptors (Lipinski definition) is 5. The van der Waals surface area contributed by atoms with Gasteiger partial charge in [0.2, 0.25) is 5.82 Å². The lowest BCUT2D eigenvalue weighted by Gasteiger charge is -2.24. The third kappa shape index (κ3) is 4.26. The Kier molecular flexibility index (Phi) is 5.37. The van der Waals surface area contributed by atoms with Crippen LogP contribution in [0.15, 0.2) is 42.5 Å². The first-order chi connectivity index (χ1) is 13.6. The Labute approximate surface area is 169 Å². The van der Waals surface area contributed by atoms with Crippen molar-refractivity contribution in [1.29, 1.82) is 0 Å². The number of tetrazole rings is 1. The molecule has 0 N–H and O–H groups in total. The maximum Gasteiger partial charge on any atom is 0.253 e. The van der Waals surface area contributed by atoms with Crippen LogP contribution in [0.25, 0.3) is 11.4 Å². The second-order valence-corrected chi connectivity index (χ2v) is 7.62. The Hall–Kier alpha value is -3.29. The highest BCUT2D eigenvalue weighted by Gasteiger charge is 2.22. The molecule has 7 nitrogen and oxygen atoms in total. The molecule has 1 aromatic heterocycles. The molecule has 0 aliphatic heterocycles. The van der Waals surface area contributed by atoms with Gasteiger partial charge in [-0.1, -0.05) is 12.1 Å². The minimum Gasteiger partial charge on any atom is -0.345 e. The van der Waals surface area contributed by atoms with Gasteiger partial charge >= 0.3 is 0 Å². The van der Waals surface area contributed by atoms with Crippen LogP contribution in [-0.4, -0.2) is 52.2 Å². The van der Waals surface area contributed by atoms with Crippen molar-refractivity contribution in [2.75, 3.05) is 26.0 Å². The summed E-state index contributed by atoms with van der Waals surface area (Å²) < 4.78 is 14.4. The molecule has 152 valence electrons. The maximum absolute atomic E-state index is 14.4. The quantitative estimate of drug-likeness (QED) is 0.660. The van der Waals surface area contributed by atoms with Gasteiger partial charge in [0, 0.05) is 38.0 Å². The lowest BCUT2D eigenvalue weighted by molar-refractivity contribution is 0.0827. The fourth-order valence-corrected chi connectivity index (χ4v) is 3.01. The molecule has 0 saturated carbocycles. The van der Waals surface area contributed by atoms with E-state index in [2.05, 4.69) is 15.4 Å². The number of carbonyl (C=O) groups excluding carboxylic acids is 1. The van der Waals surface area contributed by atoms with Crippen LogP contribution in [0.5, 0.6) is 0 Å². The second kappa shape index (κ2) is 7.62. The Morgan fingerprint density at radius 2 is 1.83 bits per heavy atom. The minimum atomic E-state index is -1.45. The standard InChI is InChI=1S/C21H25FN6O/c1-21(2,22)15-8-7-9-16(13-15)27(5)18-11-10-14(20(29)26(3)4)12-17(18)19-23-25-28(6)24-19/h7-13H,1-6H3. The first-order valence-corrected chi connectivity index (χ1v) is 9.21. The van der Waals surface area contributed by atoms with Gasteiger partial charge in [0.1, 0.15) is 5.67 Å². The highest BCUT2D eigenvalue weighted by molar-refractivity contribution is 5.96. The molecule has 0 fully saturated rings. The molecule has 0 spiro atoms. The van der Waals surface area contributed by atoms with Crippen molar-refractivity contribution in [1.82, 2.24) is 25.1 Å². The van der Waals surface area contributed by atoms with Crippen LogP contribution in [-0.2, 0) is 12.7 Å². The van der Waals surface area contributed by atoms with Crippen LogP contribution in [0.4, 0.5) is 15.8 Å². The van der Waals surface area contributed by atoms with Gasteiger partial charge in [-0.2, -0.15) is 4.80 Å². The fourth-order valence-electron chi connectivity index (χ4n) is 3.01. The molecular weight excluding hydrogens is 371 g/mol. The molecule has 29 heavy (non-hydrogen) atoms. The molecule has 1 heterocycles. The van der Waals surface area contributed by atoms with E-state index < -0.39 is 5.67 Å². The van der Waals surface area contributed by atoms with Crippen molar-refractivity contribution >= 4 is 17.3 Å². The Morgan fingerprint density at radius 3 is 2.41 bits per heavy atom. The molecule has 0 saturated heterocycles. The van der Waals surface area contributed by atoms with Crippen LogP contribution >= 0.6 is 0 Å². The molecule has 0 unspecified atom stereocenters. The number of aryl methyl sites for hydroxylation is 1. The summed E-state index contributed by atoms with van der Waals surface area (Å²) in [5.74, 6) is 0.287. The van der Waals surface area contributed by atoms with E-state index in [0.29, 0.717) is 22.5 Å². The van der Waals surface area contributed by atoms with Crippen LogP contribution < -0.4 is 4.90 Å². The molecular formula is C21H25FN6O. The first-order valence-electron chi connectivity index (χ1n) is 9.21. The van der Waals surface area contributed by atoms with E-state index in [1.54, 1.807) is 39.3 Å². The smallest absolute Gasteiger partial charge is 0.253 e. The molecule has 0 atom stereocenters. The van der Waals surface area contributed by atoms with Gasteiger partial charge in [0.15, 0.2) is 0 Å². The average Bonchev–Trinajstić information content (AvgIpc) is 3.12. The topological polar surface area (TPSA) is 67.2 Å². The molecule has 0 aliphatic rings. The monoisotopic (exact) mass is 396 g/mol. The molecule has 8 heteroatoms. The molecule has 0 radical (unpaired) electrons. The van der Waals surface area contributed by atoms with Gasteiger partial charge in [0.05, 0.1) is 12.7 Å². The number of nitrogens with zero attached hydrogens (tertiary/aromatic N) is 6. The van der Waals surface area contributed by atoms with E-state index in [4.69, 9.17) is 0 Å². The largest absolute Gasteiger partial charge is 0.345 e. The van der Waals surface area contributed by atoms with E-state index in [1.165, 1.54) is 23.5 Å². The number of aromatic nitrogens is 4. The predicted octanol–water partition coefficient (Wildman–Crippen LogP) is 3.55. The number of anilines is 2. The van der Waals surface area contributed by atoms with Gasteiger partial charge in [-0.15, -0.1) is 10.2 Å². The van der Waals surface area contributed by atoms with Crippen molar-refractivity contribution in [3.8, 4) is 11.4 Å². The highest BCUT2D eigenvalue weighted by atomic mass is 19.1. The molecule has 3 rings (SSSR count). The van der Waals surface area contributed by atoms with Crippen LogP contribution in [0.3, 0.4) is 0 Å². The van der Waals surface area contributed by atoms with Crippen molar-refractivity contribution in [2.45, 2.75) is 19.5 Å². The zero-order valence-electron chi connectivity index (χ0n) is 17.5. The number of amides is 1. The van der Waals surface area contributed by atoms with E-state index in [0.717, 1.165) is 11.4 Å². The summed E-state index contributed by atoms with van der Waals surface area (Å²) in [7, 11) is 6.97. The lowest BCUT2D eigenvalue weighted by Crippen LogP contribution is -2.22. The molecule has 1 amide bonds. The lowest BCUT2D eigenvalue weighted by atomic mass is 9.99. The minimum absolute atomic E-state index is 0.120.